The number of nitrogens with two attached hydrogens (primary N) is 1. The molecule has 0 amide bonds. The van der Waals surface area contributed by atoms with Crippen LogP contribution in [0.4, 0.5) is 0 Å². The highest BCUT2D eigenvalue weighted by Crippen LogP contribution is 2.52. The van der Waals surface area contributed by atoms with E-state index in [0.29, 0.717) is 0 Å². The normalized spacial score (nSPS) is 21.4. The molecule has 0 unspecified atom stereocenters. The van der Waals surface area contributed by atoms with E-state index in [1.165, 1.54) is 11.1 Å². The maximum absolute atomic E-state index is 6.39. The molecule has 2 heteroatoms. The van der Waals surface area contributed by atoms with Crippen molar-refractivity contribution < 1.29 is 4.74 Å². The molecule has 1 aliphatic heterocycles. The third kappa shape index (κ3) is 1.23. The Balaban J connectivity index is 2.10. The van der Waals surface area contributed by atoms with Crippen LogP contribution in [0.2, 0.25) is 0 Å². The fourth-order valence-electron chi connectivity index (χ4n) is 2.74. The molecular formula is C14H19NO. The molecule has 0 spiro atoms. The molecule has 2 aliphatic rings. The second-order valence-corrected chi connectivity index (χ2v) is 5.67. The third-order valence-corrected chi connectivity index (χ3v) is 4.42. The Bertz CT molecular complexity index is 432. The van der Waals surface area contributed by atoms with Crippen molar-refractivity contribution in [2.75, 3.05) is 6.61 Å². The van der Waals surface area contributed by atoms with E-state index in [4.69, 9.17) is 10.5 Å². The first-order chi connectivity index (χ1) is 7.55. The molecule has 16 heavy (non-hydrogen) atoms. The first kappa shape index (κ1) is 10.2. The van der Waals surface area contributed by atoms with Crippen LogP contribution >= 0.6 is 0 Å². The maximum atomic E-state index is 6.39. The van der Waals surface area contributed by atoms with Crippen LogP contribution in [0.1, 0.15) is 37.8 Å². The van der Waals surface area contributed by atoms with Crippen molar-refractivity contribution in [1.82, 2.24) is 0 Å². The summed E-state index contributed by atoms with van der Waals surface area (Å²) in [7, 11) is 0. The smallest absolute Gasteiger partial charge is 0.126 e. The average molecular weight is 217 g/mol. The highest BCUT2D eigenvalue weighted by molar-refractivity contribution is 5.50. The Morgan fingerprint density at radius 2 is 2.06 bits per heavy atom. The molecule has 0 atom stereocenters. The minimum Gasteiger partial charge on any atom is -0.493 e. The molecule has 0 saturated heterocycles. The summed E-state index contributed by atoms with van der Waals surface area (Å²) in [6.45, 7) is 5.31. The van der Waals surface area contributed by atoms with Gasteiger partial charge >= 0.3 is 0 Å². The second kappa shape index (κ2) is 3.01. The lowest BCUT2D eigenvalue weighted by Gasteiger charge is -2.33. The van der Waals surface area contributed by atoms with Crippen molar-refractivity contribution in [3.8, 4) is 5.75 Å². The van der Waals surface area contributed by atoms with Gasteiger partial charge in [-0.2, -0.15) is 0 Å². The van der Waals surface area contributed by atoms with Crippen LogP contribution in [-0.2, 0) is 11.8 Å². The van der Waals surface area contributed by atoms with Crippen molar-refractivity contribution in [1.29, 1.82) is 0 Å². The second-order valence-electron chi connectivity index (χ2n) is 5.67. The summed E-state index contributed by atoms with van der Waals surface area (Å²) in [6, 6.07) is 6.48. The largest absolute Gasteiger partial charge is 0.493 e. The maximum Gasteiger partial charge on any atom is 0.126 e. The van der Waals surface area contributed by atoms with Crippen LogP contribution < -0.4 is 10.5 Å². The quantitative estimate of drug-likeness (QED) is 0.825. The number of rotatable bonds is 2. The van der Waals surface area contributed by atoms with E-state index >= 15 is 0 Å². The predicted octanol–water partition coefficient (Wildman–Crippen LogP) is 2.39. The fraction of sp³-hybridized carbons (Fsp3) is 0.571. The Morgan fingerprint density at radius 3 is 2.75 bits per heavy atom. The standard InChI is InChI=1S/C14H19NO/c1-13(2,14(15)7-8-14)11-5-3-4-10-6-9-16-12(10)11/h3-5H,6-9,15H2,1-2H3. The topological polar surface area (TPSA) is 35.2 Å². The SMILES string of the molecule is CC(C)(c1cccc2c1OCC2)C1(N)CC1. The van der Waals surface area contributed by atoms with Crippen molar-refractivity contribution >= 4 is 0 Å². The van der Waals surface area contributed by atoms with Crippen molar-refractivity contribution in [3.63, 3.8) is 0 Å². The fourth-order valence-corrected chi connectivity index (χ4v) is 2.74. The molecule has 2 nitrogen and oxygen atoms in total. The molecule has 1 fully saturated rings. The zero-order valence-electron chi connectivity index (χ0n) is 10.0. The van der Waals surface area contributed by atoms with Gasteiger partial charge in [0.1, 0.15) is 5.75 Å². The van der Waals surface area contributed by atoms with Crippen LogP contribution in [0.15, 0.2) is 18.2 Å². The van der Waals surface area contributed by atoms with Gasteiger partial charge in [-0.1, -0.05) is 32.0 Å². The molecule has 2 N–H and O–H groups in total. The summed E-state index contributed by atoms with van der Waals surface area (Å²) >= 11 is 0. The van der Waals surface area contributed by atoms with Gasteiger partial charge in [-0.25, -0.2) is 0 Å². The van der Waals surface area contributed by atoms with Gasteiger partial charge in [0, 0.05) is 22.9 Å². The number of para-hydroxylation sites is 1. The molecule has 0 radical (unpaired) electrons. The Hall–Kier alpha value is -1.02. The Labute approximate surface area is 96.8 Å². The van der Waals surface area contributed by atoms with Crippen LogP contribution in [0.25, 0.3) is 0 Å². The predicted molar refractivity (Wildman–Crippen MR) is 64.8 cm³/mol. The number of benzene rings is 1. The number of ether oxygens (including phenoxy) is 1. The monoisotopic (exact) mass is 217 g/mol. The molecular weight excluding hydrogens is 198 g/mol. The van der Waals surface area contributed by atoms with Gasteiger partial charge in [0.25, 0.3) is 0 Å². The average Bonchev–Trinajstić information content (AvgIpc) is 2.84. The number of fused-ring (bicyclic) bond motifs is 1. The van der Waals surface area contributed by atoms with E-state index < -0.39 is 0 Å². The van der Waals surface area contributed by atoms with Crippen molar-refractivity contribution in [2.45, 2.75) is 44.1 Å². The van der Waals surface area contributed by atoms with Crippen LogP contribution in [-0.4, -0.2) is 12.1 Å². The summed E-state index contributed by atoms with van der Waals surface area (Å²) in [5, 5.41) is 0. The van der Waals surface area contributed by atoms with Crippen molar-refractivity contribution in [2.24, 2.45) is 5.73 Å². The third-order valence-electron chi connectivity index (χ3n) is 4.42. The Kier molecular flexibility index (Phi) is 1.91. The number of hydrogen-bond donors (Lipinski definition) is 1. The number of hydrogen-bond acceptors (Lipinski definition) is 2. The van der Waals surface area contributed by atoms with E-state index in [1.807, 2.05) is 0 Å². The van der Waals surface area contributed by atoms with Gasteiger partial charge in [-0.3, -0.25) is 0 Å². The van der Waals surface area contributed by atoms with Crippen LogP contribution in [0.5, 0.6) is 5.75 Å². The summed E-state index contributed by atoms with van der Waals surface area (Å²) in [5.41, 5.74) is 9.03. The highest BCUT2D eigenvalue weighted by atomic mass is 16.5. The minimum atomic E-state index is -0.0198. The van der Waals surface area contributed by atoms with E-state index in [1.54, 1.807) is 0 Å². The van der Waals surface area contributed by atoms with Gasteiger partial charge in [0.2, 0.25) is 0 Å². The van der Waals surface area contributed by atoms with Gasteiger partial charge in [0.15, 0.2) is 0 Å². The summed E-state index contributed by atoms with van der Waals surface area (Å²) in [5.74, 6) is 1.10. The van der Waals surface area contributed by atoms with E-state index in [2.05, 4.69) is 32.0 Å². The zero-order chi connectivity index (χ0) is 11.4. The molecule has 1 heterocycles. The van der Waals surface area contributed by atoms with E-state index in [-0.39, 0.29) is 11.0 Å². The van der Waals surface area contributed by atoms with Gasteiger partial charge in [0.05, 0.1) is 6.61 Å². The molecule has 1 aromatic carbocycles. The van der Waals surface area contributed by atoms with E-state index in [0.717, 1.165) is 31.6 Å². The summed E-state index contributed by atoms with van der Waals surface area (Å²) in [6.07, 6.45) is 3.30. The van der Waals surface area contributed by atoms with Gasteiger partial charge in [-0.05, 0) is 18.4 Å². The van der Waals surface area contributed by atoms with Gasteiger partial charge < -0.3 is 10.5 Å². The zero-order valence-corrected chi connectivity index (χ0v) is 10.0. The lowest BCUT2D eigenvalue weighted by Crippen LogP contribution is -2.43. The molecule has 0 bridgehead atoms. The minimum absolute atomic E-state index is 0.0166. The first-order valence-electron chi connectivity index (χ1n) is 6.09. The van der Waals surface area contributed by atoms with Crippen LogP contribution in [0, 0.1) is 0 Å². The van der Waals surface area contributed by atoms with E-state index in [9.17, 15) is 0 Å². The van der Waals surface area contributed by atoms with Crippen LogP contribution in [0.3, 0.4) is 0 Å². The molecule has 1 aromatic rings. The lowest BCUT2D eigenvalue weighted by molar-refractivity contribution is 0.328. The molecule has 1 saturated carbocycles. The summed E-state index contributed by atoms with van der Waals surface area (Å²) < 4.78 is 5.78. The summed E-state index contributed by atoms with van der Waals surface area (Å²) in [4.78, 5) is 0. The molecule has 0 aromatic heterocycles. The molecule has 1 aliphatic carbocycles. The molecule has 86 valence electrons. The van der Waals surface area contributed by atoms with Crippen molar-refractivity contribution in [3.05, 3.63) is 29.3 Å². The first-order valence-corrected chi connectivity index (χ1v) is 6.09. The Morgan fingerprint density at radius 1 is 1.31 bits per heavy atom. The lowest BCUT2D eigenvalue weighted by atomic mass is 9.75. The highest BCUT2D eigenvalue weighted by Gasteiger charge is 2.53. The molecule has 3 rings (SSSR count). The van der Waals surface area contributed by atoms with Gasteiger partial charge in [-0.15, -0.1) is 0 Å².